The lowest BCUT2D eigenvalue weighted by atomic mass is 10.2. The minimum atomic E-state index is 1.19. The molecule has 0 spiro atoms. The largest absolute Gasteiger partial charge is 0.0994 e. The highest BCUT2D eigenvalue weighted by Gasteiger charge is 2.10. The fraction of sp³-hybridized carbons (Fsp3) is 0.500. The van der Waals surface area contributed by atoms with E-state index in [1.54, 1.807) is 0 Å². The lowest BCUT2D eigenvalue weighted by molar-refractivity contribution is 1.19. The van der Waals surface area contributed by atoms with Crippen LogP contribution in [0.25, 0.3) is 0 Å². The normalized spacial score (nSPS) is 24.1. The molecule has 0 aromatic rings. The Kier molecular flexibility index (Phi) is 2.01. The molecule has 1 heterocycles. The highest BCUT2D eigenvalue weighted by molar-refractivity contribution is 8.07. The molecule has 0 aromatic heterocycles. The van der Waals surface area contributed by atoms with E-state index in [2.05, 4.69) is 26.8 Å². The molecule has 0 fully saturated rings. The number of hydrogen-bond donors (Lipinski definition) is 0. The van der Waals surface area contributed by atoms with Crippen molar-refractivity contribution in [3.05, 3.63) is 21.5 Å². The summed E-state index contributed by atoms with van der Waals surface area (Å²) < 4.78 is 0. The Morgan fingerprint density at radius 2 is 2.11 bits per heavy atom. The van der Waals surface area contributed by atoms with Gasteiger partial charge in [-0.1, -0.05) is 23.4 Å². The van der Waals surface area contributed by atoms with Gasteiger partial charge in [0, 0.05) is 6.42 Å². The predicted molar refractivity (Wildman–Crippen MR) is 44.3 cm³/mol. The molecule has 0 aromatic carbocycles. The fourth-order valence-corrected chi connectivity index (χ4v) is 1.91. The van der Waals surface area contributed by atoms with Crippen LogP contribution in [-0.2, 0) is 0 Å². The van der Waals surface area contributed by atoms with E-state index in [1.165, 1.54) is 21.8 Å². The SMILES string of the molecule is C/C=C1\CC(C)=C(C)S1. The third-order valence-corrected chi connectivity index (χ3v) is 2.94. The zero-order valence-electron chi connectivity index (χ0n) is 6.19. The molecule has 1 rings (SSSR count). The molecule has 0 aliphatic carbocycles. The minimum Gasteiger partial charge on any atom is -0.0994 e. The Morgan fingerprint density at radius 3 is 2.33 bits per heavy atom. The average molecular weight is 140 g/mol. The second-order valence-corrected chi connectivity index (χ2v) is 3.71. The van der Waals surface area contributed by atoms with Crippen LogP contribution in [0.1, 0.15) is 27.2 Å². The number of thioether (sulfide) groups is 1. The van der Waals surface area contributed by atoms with Crippen LogP contribution in [0.5, 0.6) is 0 Å². The van der Waals surface area contributed by atoms with Crippen LogP contribution in [0.2, 0.25) is 0 Å². The number of allylic oxidation sites excluding steroid dienone is 4. The summed E-state index contributed by atoms with van der Waals surface area (Å²) in [6.45, 7) is 6.50. The summed E-state index contributed by atoms with van der Waals surface area (Å²) in [6.07, 6.45) is 3.39. The first-order valence-corrected chi connectivity index (χ1v) is 4.05. The Morgan fingerprint density at radius 1 is 1.44 bits per heavy atom. The maximum atomic E-state index is 2.21. The van der Waals surface area contributed by atoms with Crippen LogP contribution in [0.4, 0.5) is 0 Å². The minimum absolute atomic E-state index is 1.19. The van der Waals surface area contributed by atoms with Crippen molar-refractivity contribution in [2.45, 2.75) is 27.2 Å². The molecule has 1 aliphatic rings. The van der Waals surface area contributed by atoms with Gasteiger partial charge in [0.2, 0.25) is 0 Å². The van der Waals surface area contributed by atoms with Crippen LogP contribution >= 0.6 is 11.8 Å². The van der Waals surface area contributed by atoms with Crippen molar-refractivity contribution in [1.29, 1.82) is 0 Å². The maximum Gasteiger partial charge on any atom is 0.000136 e. The predicted octanol–water partition coefficient (Wildman–Crippen LogP) is 3.32. The van der Waals surface area contributed by atoms with Gasteiger partial charge >= 0.3 is 0 Å². The Labute approximate surface area is 61.0 Å². The van der Waals surface area contributed by atoms with E-state index < -0.39 is 0 Å². The van der Waals surface area contributed by atoms with Crippen molar-refractivity contribution in [1.82, 2.24) is 0 Å². The van der Waals surface area contributed by atoms with Crippen LogP contribution in [0, 0.1) is 0 Å². The Balaban J connectivity index is 2.70. The molecule has 0 N–H and O–H groups in total. The van der Waals surface area contributed by atoms with Crippen molar-refractivity contribution in [3.8, 4) is 0 Å². The van der Waals surface area contributed by atoms with Gasteiger partial charge in [-0.15, -0.1) is 0 Å². The van der Waals surface area contributed by atoms with Gasteiger partial charge in [0.15, 0.2) is 0 Å². The maximum absolute atomic E-state index is 2.21. The molecule has 50 valence electrons. The van der Waals surface area contributed by atoms with Crippen molar-refractivity contribution in [2.24, 2.45) is 0 Å². The standard InChI is InChI=1S/C8H12S/c1-4-8-5-6(2)7(3)9-8/h4H,5H2,1-3H3/b8-4+. The van der Waals surface area contributed by atoms with Gasteiger partial charge in [-0.05, 0) is 30.6 Å². The molecule has 0 saturated carbocycles. The van der Waals surface area contributed by atoms with Crippen molar-refractivity contribution < 1.29 is 0 Å². The molecule has 1 heteroatoms. The van der Waals surface area contributed by atoms with Crippen LogP contribution in [0.15, 0.2) is 21.5 Å². The van der Waals surface area contributed by atoms with Gasteiger partial charge in [0.05, 0.1) is 0 Å². The summed E-state index contributed by atoms with van der Waals surface area (Å²) >= 11 is 1.91. The smallest absolute Gasteiger partial charge is 0.000136 e. The molecular weight excluding hydrogens is 128 g/mol. The van der Waals surface area contributed by atoms with E-state index in [9.17, 15) is 0 Å². The lowest BCUT2D eigenvalue weighted by Gasteiger charge is -1.89. The van der Waals surface area contributed by atoms with Gasteiger partial charge in [0.25, 0.3) is 0 Å². The van der Waals surface area contributed by atoms with Crippen molar-refractivity contribution in [3.63, 3.8) is 0 Å². The first kappa shape index (κ1) is 6.94. The molecule has 0 unspecified atom stereocenters. The molecule has 9 heavy (non-hydrogen) atoms. The van der Waals surface area contributed by atoms with E-state index in [4.69, 9.17) is 0 Å². The third-order valence-electron chi connectivity index (χ3n) is 1.65. The lowest BCUT2D eigenvalue weighted by Crippen LogP contribution is -1.68. The highest BCUT2D eigenvalue weighted by Crippen LogP contribution is 2.39. The van der Waals surface area contributed by atoms with Gasteiger partial charge in [-0.25, -0.2) is 0 Å². The molecule has 0 atom stereocenters. The van der Waals surface area contributed by atoms with Gasteiger partial charge in [0.1, 0.15) is 0 Å². The summed E-state index contributed by atoms with van der Waals surface area (Å²) in [4.78, 5) is 2.99. The van der Waals surface area contributed by atoms with Crippen LogP contribution < -0.4 is 0 Å². The zero-order valence-corrected chi connectivity index (χ0v) is 7.01. The molecule has 0 nitrogen and oxygen atoms in total. The van der Waals surface area contributed by atoms with E-state index in [1.807, 2.05) is 11.8 Å². The zero-order chi connectivity index (χ0) is 6.85. The van der Waals surface area contributed by atoms with Crippen molar-refractivity contribution >= 4 is 11.8 Å². The van der Waals surface area contributed by atoms with Gasteiger partial charge in [-0.3, -0.25) is 0 Å². The van der Waals surface area contributed by atoms with Crippen LogP contribution in [0.3, 0.4) is 0 Å². The first-order chi connectivity index (χ1) is 4.24. The Hall–Kier alpha value is -0.170. The monoisotopic (exact) mass is 140 g/mol. The fourth-order valence-electron chi connectivity index (χ4n) is 0.867. The number of hydrogen-bond acceptors (Lipinski definition) is 1. The molecule has 0 amide bonds. The van der Waals surface area contributed by atoms with E-state index >= 15 is 0 Å². The quantitative estimate of drug-likeness (QED) is 0.497. The van der Waals surface area contributed by atoms with Crippen molar-refractivity contribution in [2.75, 3.05) is 0 Å². The third kappa shape index (κ3) is 1.39. The molecule has 0 bridgehead atoms. The number of rotatable bonds is 0. The summed E-state index contributed by atoms with van der Waals surface area (Å²) in [5.41, 5.74) is 1.54. The molecule has 0 saturated heterocycles. The second kappa shape index (κ2) is 2.61. The summed E-state index contributed by atoms with van der Waals surface area (Å²) in [7, 11) is 0. The first-order valence-electron chi connectivity index (χ1n) is 3.23. The average Bonchev–Trinajstić information content (AvgIpc) is 2.13. The van der Waals surface area contributed by atoms with E-state index in [0.29, 0.717) is 0 Å². The topological polar surface area (TPSA) is 0 Å². The summed E-state index contributed by atoms with van der Waals surface area (Å²) in [5, 5.41) is 0. The Bertz CT molecular complexity index is 159. The summed E-state index contributed by atoms with van der Waals surface area (Å²) in [5.74, 6) is 0. The molecule has 0 radical (unpaired) electrons. The van der Waals surface area contributed by atoms with Crippen LogP contribution in [-0.4, -0.2) is 0 Å². The summed E-state index contributed by atoms with van der Waals surface area (Å²) in [6, 6.07) is 0. The van der Waals surface area contributed by atoms with Gasteiger partial charge in [-0.2, -0.15) is 0 Å². The van der Waals surface area contributed by atoms with E-state index in [0.717, 1.165) is 0 Å². The van der Waals surface area contributed by atoms with Gasteiger partial charge < -0.3 is 0 Å². The molecular formula is C8H12S. The second-order valence-electron chi connectivity index (χ2n) is 2.37. The van der Waals surface area contributed by atoms with E-state index in [-0.39, 0.29) is 0 Å². The molecule has 1 aliphatic heterocycles. The highest BCUT2D eigenvalue weighted by atomic mass is 32.2.